The van der Waals surface area contributed by atoms with Crippen LogP contribution < -0.4 is 9.47 Å². The van der Waals surface area contributed by atoms with E-state index >= 15 is 0 Å². The van der Waals surface area contributed by atoms with Crippen molar-refractivity contribution >= 4 is 23.4 Å². The van der Waals surface area contributed by atoms with E-state index in [1.807, 2.05) is 11.9 Å². The third-order valence-corrected chi connectivity index (χ3v) is 10.2. The van der Waals surface area contributed by atoms with Gasteiger partial charge in [0.2, 0.25) is 0 Å². The van der Waals surface area contributed by atoms with Crippen LogP contribution in [-0.4, -0.2) is 43.2 Å². The molecule has 54 heavy (non-hydrogen) atoms. The number of benzene rings is 1. The molecule has 0 heterocycles. The van der Waals surface area contributed by atoms with Crippen LogP contribution in [0.2, 0.25) is 0 Å². The molecule has 0 amide bonds. The molecule has 0 aliphatic carbocycles. The molecule has 0 fully saturated rings. The predicted octanol–water partition coefficient (Wildman–Crippen LogP) is 13.7. The maximum atomic E-state index is 13.2. The Morgan fingerprint density at radius 3 is 1.19 bits per heavy atom. The molecular weight excluding hydrogens is 675 g/mol. The van der Waals surface area contributed by atoms with Crippen LogP contribution in [-0.2, 0) is 14.3 Å². The van der Waals surface area contributed by atoms with Gasteiger partial charge in [-0.15, -0.1) is 0 Å². The van der Waals surface area contributed by atoms with Gasteiger partial charge in [0.05, 0.1) is 19.8 Å². The molecule has 0 aliphatic rings. The largest absolute Gasteiger partial charge is 0.493 e. The van der Waals surface area contributed by atoms with Crippen molar-refractivity contribution < 1.29 is 28.6 Å². The molecule has 0 bridgehead atoms. The molecule has 0 atom stereocenters. The lowest BCUT2D eigenvalue weighted by Crippen LogP contribution is -2.15. The summed E-state index contributed by atoms with van der Waals surface area (Å²) in [5.41, 5.74) is 0.0881. The average molecular weight is 754 g/mol. The second-order valence-corrected chi connectivity index (χ2v) is 15.3. The zero-order chi connectivity index (χ0) is 39.3. The summed E-state index contributed by atoms with van der Waals surface area (Å²) >= 11 is 0. The highest BCUT2D eigenvalue weighted by Gasteiger charge is 2.17. The van der Waals surface area contributed by atoms with Crippen LogP contribution in [0, 0.1) is 5.41 Å². The molecule has 1 rings (SSSR count). The number of esters is 1. The van der Waals surface area contributed by atoms with Crippen molar-refractivity contribution in [1.29, 1.82) is 5.41 Å². The number of carbonyl (C=O) groups is 3. The SMILES string of the molecule is CCCCCCCCCCCCCCCCOc1cc(OCCCCCCCCCCCCCCCC)cc(C(=O)CCCOC(=O)C(=C=N)C(C)=O)c1. The van der Waals surface area contributed by atoms with Crippen LogP contribution in [0.1, 0.15) is 224 Å². The minimum absolute atomic E-state index is 0.0270. The zero-order valence-electron chi connectivity index (χ0n) is 35.0. The van der Waals surface area contributed by atoms with Crippen molar-refractivity contribution in [2.75, 3.05) is 19.8 Å². The Hall–Kier alpha value is -2.92. The summed E-state index contributed by atoms with van der Waals surface area (Å²) < 4.78 is 17.3. The fraction of sp³-hybridized carbons (Fsp3) is 0.766. The lowest BCUT2D eigenvalue weighted by atomic mass is 10.0. The molecule has 1 aromatic rings. The van der Waals surface area contributed by atoms with Crippen molar-refractivity contribution in [2.24, 2.45) is 0 Å². The monoisotopic (exact) mass is 754 g/mol. The van der Waals surface area contributed by atoms with Gasteiger partial charge in [-0.3, -0.25) is 15.0 Å². The van der Waals surface area contributed by atoms with Gasteiger partial charge in [0.15, 0.2) is 17.1 Å². The van der Waals surface area contributed by atoms with E-state index in [4.69, 9.17) is 19.6 Å². The molecule has 308 valence electrons. The van der Waals surface area contributed by atoms with Gasteiger partial charge in [0.25, 0.3) is 0 Å². The molecule has 1 N–H and O–H groups in total. The topological polar surface area (TPSA) is 103 Å². The molecule has 0 aromatic heterocycles. The third-order valence-electron chi connectivity index (χ3n) is 10.2. The van der Waals surface area contributed by atoms with E-state index < -0.39 is 17.3 Å². The molecule has 7 nitrogen and oxygen atoms in total. The maximum absolute atomic E-state index is 13.2. The van der Waals surface area contributed by atoms with Crippen LogP contribution in [0.5, 0.6) is 11.5 Å². The highest BCUT2D eigenvalue weighted by molar-refractivity contribution is 6.22. The predicted molar refractivity (Wildman–Crippen MR) is 225 cm³/mol. The Bertz CT molecular complexity index is 1100. The van der Waals surface area contributed by atoms with Gasteiger partial charge < -0.3 is 14.2 Å². The molecule has 7 heteroatoms. The lowest BCUT2D eigenvalue weighted by Gasteiger charge is -2.13. The van der Waals surface area contributed by atoms with E-state index in [1.54, 1.807) is 12.1 Å². The van der Waals surface area contributed by atoms with Gasteiger partial charge in [-0.2, -0.15) is 0 Å². The number of carbonyl (C=O) groups excluding carboxylic acids is 3. The van der Waals surface area contributed by atoms with Gasteiger partial charge >= 0.3 is 5.97 Å². The first-order chi connectivity index (χ1) is 26.4. The zero-order valence-corrected chi connectivity index (χ0v) is 35.0. The van der Waals surface area contributed by atoms with Crippen LogP contribution >= 0.6 is 0 Å². The Morgan fingerprint density at radius 2 is 0.852 bits per heavy atom. The molecule has 0 saturated carbocycles. The van der Waals surface area contributed by atoms with Crippen molar-refractivity contribution in [2.45, 2.75) is 213 Å². The minimum atomic E-state index is -0.886. The van der Waals surface area contributed by atoms with Crippen LogP contribution in [0.25, 0.3) is 0 Å². The molecule has 1 aromatic carbocycles. The van der Waals surface area contributed by atoms with E-state index in [-0.39, 0.29) is 18.8 Å². The first kappa shape index (κ1) is 49.1. The smallest absolute Gasteiger partial charge is 0.351 e. The number of ketones is 2. The summed E-state index contributed by atoms with van der Waals surface area (Å²) in [6.45, 7) is 6.91. The second-order valence-electron chi connectivity index (χ2n) is 15.3. The van der Waals surface area contributed by atoms with Gasteiger partial charge in [-0.1, -0.05) is 181 Å². The van der Waals surface area contributed by atoms with Gasteiger partial charge in [0.1, 0.15) is 11.5 Å². The Labute approximate surface area is 330 Å². The maximum Gasteiger partial charge on any atom is 0.351 e. The van der Waals surface area contributed by atoms with Crippen molar-refractivity contribution in [1.82, 2.24) is 0 Å². The summed E-state index contributed by atoms with van der Waals surface area (Å²) in [5, 5.41) is 7.12. The molecule has 0 unspecified atom stereocenters. The summed E-state index contributed by atoms with van der Waals surface area (Å²) in [5.74, 6) is 1.56. The van der Waals surface area contributed by atoms with Gasteiger partial charge in [0, 0.05) is 25.0 Å². The summed E-state index contributed by atoms with van der Waals surface area (Å²) in [7, 11) is 0. The molecule has 0 spiro atoms. The second kappa shape index (κ2) is 35.8. The molecular formula is C47H79NO6. The number of ether oxygens (including phenoxy) is 3. The van der Waals surface area contributed by atoms with E-state index in [0.29, 0.717) is 36.7 Å². The van der Waals surface area contributed by atoms with Gasteiger partial charge in [-0.05, 0) is 37.3 Å². The van der Waals surface area contributed by atoms with Crippen molar-refractivity contribution in [3.05, 3.63) is 29.3 Å². The standard InChI is InChI=1S/C47H79NO6/c1-4-6-8-10-12-14-16-18-20-22-24-26-28-30-34-52-43-37-42(46(50)33-32-36-54-47(51)45(40-48)41(3)49)38-44(39-43)53-35-31-29-27-25-23-21-19-17-15-13-11-9-7-5-2/h37-39,48H,4-36H2,1-3H3. The molecule has 0 aliphatic heterocycles. The number of hydrogen-bond donors (Lipinski definition) is 1. The highest BCUT2D eigenvalue weighted by Crippen LogP contribution is 2.25. The number of hydrogen-bond acceptors (Lipinski definition) is 7. The van der Waals surface area contributed by atoms with E-state index in [2.05, 4.69) is 13.8 Å². The van der Waals surface area contributed by atoms with Crippen LogP contribution in [0.4, 0.5) is 0 Å². The Kier molecular flexibility index (Phi) is 32.5. The molecule has 0 saturated heterocycles. The fourth-order valence-corrected chi connectivity index (χ4v) is 6.77. The first-order valence-electron chi connectivity index (χ1n) is 22.3. The highest BCUT2D eigenvalue weighted by atomic mass is 16.5. The lowest BCUT2D eigenvalue weighted by molar-refractivity contribution is -0.140. The summed E-state index contributed by atoms with van der Waals surface area (Å²) in [4.78, 5) is 36.6. The van der Waals surface area contributed by atoms with E-state index in [1.165, 1.54) is 161 Å². The normalized spacial score (nSPS) is 10.9. The Balaban J connectivity index is 2.44. The molecule has 0 radical (unpaired) electrons. The quantitative estimate of drug-likeness (QED) is 0.0137. The summed E-state index contributed by atoms with van der Waals surface area (Å²) in [6, 6.07) is 5.45. The minimum Gasteiger partial charge on any atom is -0.493 e. The fourth-order valence-electron chi connectivity index (χ4n) is 6.77. The van der Waals surface area contributed by atoms with Crippen LogP contribution in [0.15, 0.2) is 23.8 Å². The van der Waals surface area contributed by atoms with Crippen molar-refractivity contribution in [3.8, 4) is 11.5 Å². The summed E-state index contributed by atoms with van der Waals surface area (Å²) in [6.07, 6.45) is 37.1. The van der Waals surface area contributed by atoms with Crippen LogP contribution in [0.3, 0.4) is 0 Å². The third kappa shape index (κ3) is 27.6. The van der Waals surface area contributed by atoms with E-state index in [0.717, 1.165) is 25.7 Å². The van der Waals surface area contributed by atoms with Gasteiger partial charge in [-0.25, -0.2) is 4.79 Å². The number of unbranched alkanes of at least 4 members (excludes halogenated alkanes) is 26. The number of nitrogens with one attached hydrogen (secondary N) is 1. The van der Waals surface area contributed by atoms with Crippen molar-refractivity contribution in [3.63, 3.8) is 0 Å². The number of rotatable bonds is 39. The Morgan fingerprint density at radius 1 is 0.500 bits per heavy atom. The first-order valence-corrected chi connectivity index (χ1v) is 22.3. The average Bonchev–Trinajstić information content (AvgIpc) is 3.16. The van der Waals surface area contributed by atoms with E-state index in [9.17, 15) is 14.4 Å². The number of Topliss-reactive ketones (excluding diaryl/α,β-unsaturated/α-hetero) is 2.